The standard InChI is InChI=1S/C15H25N3/c1-5-16-11(2)15-9-8-14(10-17-15)18(4)12(3)13-6-7-13/h8-13,16H,5-7H2,1-4H3. The van der Waals surface area contributed by atoms with Gasteiger partial charge in [-0.2, -0.15) is 0 Å². The Hall–Kier alpha value is -1.09. The van der Waals surface area contributed by atoms with E-state index in [1.165, 1.54) is 18.5 Å². The number of nitrogens with zero attached hydrogens (tertiary/aromatic N) is 2. The average molecular weight is 247 g/mol. The largest absolute Gasteiger partial charge is 0.370 e. The van der Waals surface area contributed by atoms with Gasteiger partial charge in [0.2, 0.25) is 0 Å². The first-order valence-corrected chi connectivity index (χ1v) is 7.05. The van der Waals surface area contributed by atoms with Gasteiger partial charge in [-0.1, -0.05) is 6.92 Å². The third-order valence-electron chi connectivity index (χ3n) is 4.05. The Kier molecular flexibility index (Phi) is 4.23. The van der Waals surface area contributed by atoms with Gasteiger partial charge in [-0.3, -0.25) is 4.98 Å². The Balaban J connectivity index is 2.02. The predicted octanol–water partition coefficient (Wildman–Crippen LogP) is 2.99. The van der Waals surface area contributed by atoms with E-state index in [-0.39, 0.29) is 0 Å². The highest BCUT2D eigenvalue weighted by Gasteiger charge is 2.30. The van der Waals surface area contributed by atoms with Crippen LogP contribution in [0.2, 0.25) is 0 Å². The van der Waals surface area contributed by atoms with Crippen LogP contribution in [0, 0.1) is 5.92 Å². The van der Waals surface area contributed by atoms with Crippen LogP contribution in [0.4, 0.5) is 5.69 Å². The van der Waals surface area contributed by atoms with E-state index >= 15 is 0 Å². The molecule has 1 saturated carbocycles. The maximum Gasteiger partial charge on any atom is 0.0572 e. The van der Waals surface area contributed by atoms with Crippen molar-refractivity contribution in [2.24, 2.45) is 5.92 Å². The Bertz CT molecular complexity index is 370. The van der Waals surface area contributed by atoms with Gasteiger partial charge in [0, 0.05) is 19.1 Å². The van der Waals surface area contributed by atoms with Crippen LogP contribution in [-0.4, -0.2) is 24.6 Å². The molecule has 1 aromatic rings. The van der Waals surface area contributed by atoms with E-state index in [0.717, 1.165) is 18.2 Å². The highest BCUT2D eigenvalue weighted by atomic mass is 15.1. The van der Waals surface area contributed by atoms with Crippen molar-refractivity contribution in [2.45, 2.75) is 45.7 Å². The first kappa shape index (κ1) is 13.3. The molecule has 0 amide bonds. The number of anilines is 1. The zero-order chi connectivity index (χ0) is 13.1. The second-order valence-corrected chi connectivity index (χ2v) is 5.41. The quantitative estimate of drug-likeness (QED) is 0.837. The van der Waals surface area contributed by atoms with Gasteiger partial charge in [0.15, 0.2) is 0 Å². The topological polar surface area (TPSA) is 28.2 Å². The van der Waals surface area contributed by atoms with Gasteiger partial charge < -0.3 is 10.2 Å². The van der Waals surface area contributed by atoms with Crippen LogP contribution in [0.1, 0.15) is 45.3 Å². The molecule has 1 aromatic heterocycles. The number of nitrogens with one attached hydrogen (secondary N) is 1. The minimum absolute atomic E-state index is 0.329. The van der Waals surface area contributed by atoms with Crippen molar-refractivity contribution < 1.29 is 0 Å². The molecule has 2 unspecified atom stereocenters. The smallest absolute Gasteiger partial charge is 0.0572 e. The van der Waals surface area contributed by atoms with Gasteiger partial charge in [-0.25, -0.2) is 0 Å². The Morgan fingerprint density at radius 1 is 1.39 bits per heavy atom. The van der Waals surface area contributed by atoms with E-state index in [1.807, 2.05) is 6.20 Å². The van der Waals surface area contributed by atoms with Crippen molar-refractivity contribution >= 4 is 5.69 Å². The van der Waals surface area contributed by atoms with Crippen LogP contribution >= 0.6 is 0 Å². The van der Waals surface area contributed by atoms with E-state index in [4.69, 9.17) is 0 Å². The lowest BCUT2D eigenvalue weighted by atomic mass is 10.1. The van der Waals surface area contributed by atoms with E-state index < -0.39 is 0 Å². The lowest BCUT2D eigenvalue weighted by molar-refractivity contribution is 0.581. The molecule has 0 aromatic carbocycles. The third-order valence-corrected chi connectivity index (χ3v) is 4.05. The molecule has 2 atom stereocenters. The summed E-state index contributed by atoms with van der Waals surface area (Å²) in [5, 5.41) is 3.39. The SMILES string of the molecule is CCNC(C)c1ccc(N(C)C(C)C2CC2)cn1. The average Bonchev–Trinajstić information content (AvgIpc) is 3.22. The molecule has 1 N–H and O–H groups in total. The lowest BCUT2D eigenvalue weighted by Crippen LogP contribution is -2.30. The van der Waals surface area contributed by atoms with Crippen LogP contribution in [-0.2, 0) is 0 Å². The molecular weight excluding hydrogens is 222 g/mol. The molecule has 0 bridgehead atoms. The van der Waals surface area contributed by atoms with E-state index in [1.54, 1.807) is 0 Å². The first-order chi connectivity index (χ1) is 8.63. The molecule has 0 aliphatic heterocycles. The number of hydrogen-bond donors (Lipinski definition) is 1. The van der Waals surface area contributed by atoms with Gasteiger partial charge >= 0.3 is 0 Å². The Morgan fingerprint density at radius 2 is 2.11 bits per heavy atom. The molecular formula is C15H25N3. The Morgan fingerprint density at radius 3 is 2.61 bits per heavy atom. The van der Waals surface area contributed by atoms with E-state index in [0.29, 0.717) is 12.1 Å². The second kappa shape index (κ2) is 5.70. The Labute approximate surface area is 111 Å². The van der Waals surface area contributed by atoms with Crippen molar-refractivity contribution in [2.75, 3.05) is 18.5 Å². The van der Waals surface area contributed by atoms with Gasteiger partial charge in [0.25, 0.3) is 0 Å². The van der Waals surface area contributed by atoms with Crippen molar-refractivity contribution in [3.63, 3.8) is 0 Å². The highest BCUT2D eigenvalue weighted by molar-refractivity contribution is 5.45. The van der Waals surface area contributed by atoms with Crippen molar-refractivity contribution in [3.8, 4) is 0 Å². The molecule has 1 aliphatic rings. The summed E-state index contributed by atoms with van der Waals surface area (Å²) in [5.41, 5.74) is 2.34. The lowest BCUT2D eigenvalue weighted by Gasteiger charge is -2.27. The van der Waals surface area contributed by atoms with Gasteiger partial charge in [0.1, 0.15) is 0 Å². The summed E-state index contributed by atoms with van der Waals surface area (Å²) < 4.78 is 0. The minimum Gasteiger partial charge on any atom is -0.370 e. The third kappa shape index (κ3) is 3.02. The molecule has 18 heavy (non-hydrogen) atoms. The summed E-state index contributed by atoms with van der Waals surface area (Å²) >= 11 is 0. The molecule has 1 aliphatic carbocycles. The molecule has 100 valence electrons. The van der Waals surface area contributed by atoms with Crippen LogP contribution in [0.3, 0.4) is 0 Å². The van der Waals surface area contributed by atoms with E-state index in [9.17, 15) is 0 Å². The summed E-state index contributed by atoms with van der Waals surface area (Å²) in [6.07, 6.45) is 4.77. The molecule has 0 radical (unpaired) electrons. The minimum atomic E-state index is 0.329. The first-order valence-electron chi connectivity index (χ1n) is 7.05. The maximum atomic E-state index is 4.58. The summed E-state index contributed by atoms with van der Waals surface area (Å²) in [6.45, 7) is 7.56. The summed E-state index contributed by atoms with van der Waals surface area (Å²) in [4.78, 5) is 6.93. The van der Waals surface area contributed by atoms with Crippen LogP contribution in [0.15, 0.2) is 18.3 Å². The van der Waals surface area contributed by atoms with Gasteiger partial charge in [-0.05, 0) is 51.3 Å². The fraction of sp³-hybridized carbons (Fsp3) is 0.667. The molecule has 1 fully saturated rings. The number of rotatable bonds is 6. The van der Waals surface area contributed by atoms with Crippen LogP contribution in [0.25, 0.3) is 0 Å². The zero-order valence-electron chi connectivity index (χ0n) is 12.0. The van der Waals surface area contributed by atoms with E-state index in [2.05, 4.69) is 55.2 Å². The normalized spacial score (nSPS) is 18.4. The molecule has 3 heteroatoms. The summed E-state index contributed by atoms with van der Waals surface area (Å²) in [5.74, 6) is 0.885. The fourth-order valence-electron chi connectivity index (χ4n) is 2.40. The number of hydrogen-bond acceptors (Lipinski definition) is 3. The van der Waals surface area contributed by atoms with Gasteiger partial charge in [0.05, 0.1) is 17.6 Å². The highest BCUT2D eigenvalue weighted by Crippen LogP contribution is 2.36. The summed E-state index contributed by atoms with van der Waals surface area (Å²) in [7, 11) is 2.17. The van der Waals surface area contributed by atoms with Crippen LogP contribution < -0.4 is 10.2 Å². The second-order valence-electron chi connectivity index (χ2n) is 5.41. The van der Waals surface area contributed by atoms with Crippen molar-refractivity contribution in [3.05, 3.63) is 24.0 Å². The van der Waals surface area contributed by atoms with Crippen molar-refractivity contribution in [1.29, 1.82) is 0 Å². The molecule has 2 rings (SSSR count). The summed E-state index contributed by atoms with van der Waals surface area (Å²) in [6, 6.07) is 5.28. The molecule has 3 nitrogen and oxygen atoms in total. The van der Waals surface area contributed by atoms with Gasteiger partial charge in [-0.15, -0.1) is 0 Å². The predicted molar refractivity (Wildman–Crippen MR) is 76.9 cm³/mol. The van der Waals surface area contributed by atoms with Crippen molar-refractivity contribution in [1.82, 2.24) is 10.3 Å². The maximum absolute atomic E-state index is 4.58. The molecule has 0 saturated heterocycles. The molecule has 0 spiro atoms. The zero-order valence-corrected chi connectivity index (χ0v) is 12.0. The van der Waals surface area contributed by atoms with Crippen LogP contribution in [0.5, 0.6) is 0 Å². The number of pyridine rings is 1. The molecule has 1 heterocycles. The number of aromatic nitrogens is 1. The fourth-order valence-corrected chi connectivity index (χ4v) is 2.40. The monoisotopic (exact) mass is 247 g/mol.